The molecular weight excluding hydrogens is 354 g/mol. The van der Waals surface area contributed by atoms with Gasteiger partial charge in [0.15, 0.2) is 0 Å². The molecule has 0 aliphatic carbocycles. The minimum atomic E-state index is -1.02. The molecule has 1 heterocycles. The Morgan fingerprint density at radius 1 is 1.32 bits per heavy atom. The number of carboxylic acid groups (broad SMARTS) is 1. The molecule has 1 aliphatic rings. The summed E-state index contributed by atoms with van der Waals surface area (Å²) in [6.45, 7) is 8.16. The normalized spacial score (nSPS) is 21.4. The van der Waals surface area contributed by atoms with Crippen LogP contribution in [0.3, 0.4) is 0 Å². The van der Waals surface area contributed by atoms with Gasteiger partial charge in [-0.25, -0.2) is 4.79 Å². The van der Waals surface area contributed by atoms with Crippen LogP contribution >= 0.6 is 0 Å². The Balaban J connectivity index is 2.11. The van der Waals surface area contributed by atoms with Crippen molar-refractivity contribution in [3.8, 4) is 0 Å². The van der Waals surface area contributed by atoms with Gasteiger partial charge in [0.05, 0.1) is 6.04 Å². The van der Waals surface area contributed by atoms with E-state index in [2.05, 4.69) is 43.5 Å². The zero-order chi connectivity index (χ0) is 20.5. The predicted molar refractivity (Wildman–Crippen MR) is 111 cm³/mol. The van der Waals surface area contributed by atoms with E-state index in [0.29, 0.717) is 31.5 Å². The molecule has 0 spiro atoms. The van der Waals surface area contributed by atoms with Gasteiger partial charge >= 0.3 is 6.09 Å². The maximum absolute atomic E-state index is 13.3. The molecular formula is C22H35N3O3. The van der Waals surface area contributed by atoms with Crippen LogP contribution in [0, 0.1) is 5.92 Å². The van der Waals surface area contributed by atoms with Gasteiger partial charge in [-0.3, -0.25) is 4.79 Å². The molecule has 2 rings (SSSR count). The smallest absolute Gasteiger partial charge is 0.404 e. The zero-order valence-electron chi connectivity index (χ0n) is 17.4. The van der Waals surface area contributed by atoms with Gasteiger partial charge in [0.2, 0.25) is 5.91 Å². The third-order valence-electron chi connectivity index (χ3n) is 5.53. The predicted octanol–water partition coefficient (Wildman–Crippen LogP) is 3.44. The van der Waals surface area contributed by atoms with E-state index in [1.54, 1.807) is 0 Å². The third-order valence-corrected chi connectivity index (χ3v) is 5.53. The van der Waals surface area contributed by atoms with Crippen LogP contribution in [0.4, 0.5) is 4.79 Å². The first-order valence-electron chi connectivity index (χ1n) is 10.5. The molecule has 3 N–H and O–H groups in total. The summed E-state index contributed by atoms with van der Waals surface area (Å²) < 4.78 is 0. The van der Waals surface area contributed by atoms with Crippen molar-refractivity contribution in [2.75, 3.05) is 19.6 Å². The average molecular weight is 390 g/mol. The minimum Gasteiger partial charge on any atom is -0.465 e. The quantitative estimate of drug-likeness (QED) is 0.604. The summed E-state index contributed by atoms with van der Waals surface area (Å²) in [5.41, 5.74) is 1.26. The van der Waals surface area contributed by atoms with Gasteiger partial charge in [0.25, 0.3) is 0 Å². The molecule has 2 amide bonds. The SMILES string of the molecule is CC[C@H](CN1CC[C@@H](CNC(=O)O)N[C@@H](CCC(C)C)C1=O)c1ccccc1. The number of nitrogens with one attached hydrogen (secondary N) is 2. The number of carbonyl (C=O) groups is 2. The summed E-state index contributed by atoms with van der Waals surface area (Å²) in [7, 11) is 0. The van der Waals surface area contributed by atoms with Crippen LogP contribution in [-0.2, 0) is 4.79 Å². The van der Waals surface area contributed by atoms with Gasteiger partial charge in [-0.1, -0.05) is 51.1 Å². The van der Waals surface area contributed by atoms with Crippen molar-refractivity contribution >= 4 is 12.0 Å². The Bertz CT molecular complexity index is 621. The van der Waals surface area contributed by atoms with Crippen LogP contribution in [0.25, 0.3) is 0 Å². The van der Waals surface area contributed by atoms with Crippen molar-refractivity contribution in [1.82, 2.24) is 15.5 Å². The fourth-order valence-electron chi connectivity index (χ4n) is 3.80. The lowest BCUT2D eigenvalue weighted by atomic mass is 9.95. The van der Waals surface area contributed by atoms with E-state index in [0.717, 1.165) is 25.7 Å². The highest BCUT2D eigenvalue weighted by molar-refractivity contribution is 5.82. The van der Waals surface area contributed by atoms with E-state index < -0.39 is 6.09 Å². The molecule has 1 saturated heterocycles. The Morgan fingerprint density at radius 2 is 2.04 bits per heavy atom. The lowest BCUT2D eigenvalue weighted by molar-refractivity contribution is -0.133. The number of rotatable bonds is 9. The van der Waals surface area contributed by atoms with Gasteiger partial charge in [0.1, 0.15) is 0 Å². The maximum Gasteiger partial charge on any atom is 0.404 e. The van der Waals surface area contributed by atoms with E-state index in [-0.39, 0.29) is 18.0 Å². The molecule has 156 valence electrons. The fourth-order valence-corrected chi connectivity index (χ4v) is 3.80. The van der Waals surface area contributed by atoms with Gasteiger partial charge in [-0.2, -0.15) is 0 Å². The second-order valence-corrected chi connectivity index (χ2v) is 8.16. The van der Waals surface area contributed by atoms with Crippen molar-refractivity contribution in [3.63, 3.8) is 0 Å². The number of amides is 2. The summed E-state index contributed by atoms with van der Waals surface area (Å²) in [5, 5.41) is 14.8. The number of hydrogen-bond donors (Lipinski definition) is 3. The Hall–Kier alpha value is -2.08. The second-order valence-electron chi connectivity index (χ2n) is 8.16. The van der Waals surface area contributed by atoms with Gasteiger partial charge in [-0.05, 0) is 37.2 Å². The summed E-state index contributed by atoms with van der Waals surface area (Å²) in [5.74, 6) is 0.979. The summed E-state index contributed by atoms with van der Waals surface area (Å²) in [6, 6.07) is 10.1. The van der Waals surface area contributed by atoms with Crippen LogP contribution in [0.15, 0.2) is 30.3 Å². The van der Waals surface area contributed by atoms with E-state index in [9.17, 15) is 9.59 Å². The lowest BCUT2D eigenvalue weighted by Crippen LogP contribution is -2.49. The molecule has 1 aromatic rings. The van der Waals surface area contributed by atoms with Gasteiger partial charge < -0.3 is 20.6 Å². The molecule has 1 aromatic carbocycles. The number of benzene rings is 1. The highest BCUT2D eigenvalue weighted by Gasteiger charge is 2.32. The van der Waals surface area contributed by atoms with Crippen molar-refractivity contribution in [3.05, 3.63) is 35.9 Å². The van der Waals surface area contributed by atoms with Crippen LogP contribution in [-0.4, -0.2) is 53.7 Å². The number of carbonyl (C=O) groups excluding carboxylic acids is 1. The van der Waals surface area contributed by atoms with Crippen LogP contribution in [0.1, 0.15) is 57.9 Å². The van der Waals surface area contributed by atoms with Gasteiger partial charge in [0, 0.05) is 31.6 Å². The molecule has 0 unspecified atom stereocenters. The van der Waals surface area contributed by atoms with E-state index in [1.807, 2.05) is 23.1 Å². The highest BCUT2D eigenvalue weighted by atomic mass is 16.4. The van der Waals surface area contributed by atoms with Crippen molar-refractivity contribution in [2.45, 2.75) is 64.5 Å². The largest absolute Gasteiger partial charge is 0.465 e. The summed E-state index contributed by atoms with van der Waals surface area (Å²) in [4.78, 5) is 26.1. The van der Waals surface area contributed by atoms with Crippen LogP contribution < -0.4 is 10.6 Å². The first kappa shape index (κ1) is 22.2. The molecule has 6 nitrogen and oxygen atoms in total. The lowest BCUT2D eigenvalue weighted by Gasteiger charge is -2.29. The Morgan fingerprint density at radius 3 is 2.64 bits per heavy atom. The van der Waals surface area contributed by atoms with Crippen LogP contribution in [0.5, 0.6) is 0 Å². The summed E-state index contributed by atoms with van der Waals surface area (Å²) in [6.07, 6.45) is 2.44. The van der Waals surface area contributed by atoms with E-state index >= 15 is 0 Å². The first-order chi connectivity index (χ1) is 13.4. The van der Waals surface area contributed by atoms with Crippen molar-refractivity contribution in [1.29, 1.82) is 0 Å². The summed E-state index contributed by atoms with van der Waals surface area (Å²) >= 11 is 0. The van der Waals surface area contributed by atoms with Gasteiger partial charge in [-0.15, -0.1) is 0 Å². The maximum atomic E-state index is 13.3. The fraction of sp³-hybridized carbons (Fsp3) is 0.636. The topological polar surface area (TPSA) is 81.7 Å². The van der Waals surface area contributed by atoms with Crippen molar-refractivity contribution < 1.29 is 14.7 Å². The molecule has 0 saturated carbocycles. The highest BCUT2D eigenvalue weighted by Crippen LogP contribution is 2.23. The monoisotopic (exact) mass is 389 g/mol. The molecule has 0 aromatic heterocycles. The standard InChI is InChI=1S/C22H35N3O3/c1-4-17(18-8-6-5-7-9-18)15-25-13-12-19(14-23-22(27)28)24-20(21(25)26)11-10-16(2)3/h5-9,16-17,19-20,23-24H,4,10-15H2,1-3H3,(H,27,28)/t17-,19+,20+/m1/s1. The molecule has 3 atom stereocenters. The molecule has 28 heavy (non-hydrogen) atoms. The number of nitrogens with zero attached hydrogens (tertiary/aromatic N) is 1. The molecule has 0 bridgehead atoms. The molecule has 6 heteroatoms. The van der Waals surface area contributed by atoms with E-state index in [1.165, 1.54) is 5.56 Å². The van der Waals surface area contributed by atoms with Crippen LogP contribution in [0.2, 0.25) is 0 Å². The second kappa shape index (κ2) is 11.1. The zero-order valence-corrected chi connectivity index (χ0v) is 17.4. The minimum absolute atomic E-state index is 0.0287. The Kier molecular flexibility index (Phi) is 8.77. The average Bonchev–Trinajstić information content (AvgIpc) is 2.82. The first-order valence-corrected chi connectivity index (χ1v) is 10.5. The third kappa shape index (κ3) is 6.82. The number of hydrogen-bond acceptors (Lipinski definition) is 3. The molecule has 0 radical (unpaired) electrons. The van der Waals surface area contributed by atoms with Crippen molar-refractivity contribution in [2.24, 2.45) is 5.92 Å². The Labute approximate surface area is 168 Å². The molecule has 1 fully saturated rings. The van der Waals surface area contributed by atoms with E-state index in [4.69, 9.17) is 5.11 Å². The molecule has 1 aliphatic heterocycles.